The highest BCUT2D eigenvalue weighted by Crippen LogP contribution is 2.23. The number of hydrogen-bond donors (Lipinski definition) is 2. The molecule has 0 radical (unpaired) electrons. The highest BCUT2D eigenvalue weighted by molar-refractivity contribution is 7.18. The Hall–Kier alpha value is -0.970. The summed E-state index contributed by atoms with van der Waals surface area (Å²) in [5, 5.41) is 14.3. The molecule has 1 aliphatic rings. The second-order valence-corrected chi connectivity index (χ2v) is 5.73. The van der Waals surface area contributed by atoms with E-state index in [1.807, 2.05) is 18.2 Å². The van der Waals surface area contributed by atoms with Crippen molar-refractivity contribution in [3.63, 3.8) is 0 Å². The molecule has 4 heteroatoms. The molecule has 17 heavy (non-hydrogen) atoms. The molecule has 3 rings (SSSR count). The molecule has 3 nitrogen and oxygen atoms in total. The minimum absolute atomic E-state index is 0.323. The molecular weight excluding hydrogens is 232 g/mol. The van der Waals surface area contributed by atoms with Crippen LogP contribution in [0.5, 0.6) is 0 Å². The van der Waals surface area contributed by atoms with Crippen molar-refractivity contribution in [3.05, 3.63) is 29.3 Å². The van der Waals surface area contributed by atoms with Crippen LogP contribution in [-0.4, -0.2) is 28.8 Å². The molecule has 1 aliphatic carbocycles. The summed E-state index contributed by atoms with van der Waals surface area (Å²) < 4.78 is 1.20. The highest BCUT2D eigenvalue weighted by atomic mass is 32.1. The van der Waals surface area contributed by atoms with Gasteiger partial charge in [-0.25, -0.2) is 4.98 Å². The number of benzene rings is 1. The molecule has 0 spiro atoms. The maximum atomic E-state index is 9.91. The fourth-order valence-electron chi connectivity index (χ4n) is 1.87. The smallest absolute Gasteiger partial charge is 0.0964 e. The Morgan fingerprint density at radius 2 is 2.24 bits per heavy atom. The zero-order valence-corrected chi connectivity index (χ0v) is 10.4. The second kappa shape index (κ2) is 4.72. The molecule has 1 heterocycles. The van der Waals surface area contributed by atoms with E-state index in [-0.39, 0.29) is 6.10 Å². The molecule has 1 fully saturated rings. The van der Waals surface area contributed by atoms with Crippen LogP contribution in [0.15, 0.2) is 24.3 Å². The quantitative estimate of drug-likeness (QED) is 0.850. The topological polar surface area (TPSA) is 45.1 Å². The fraction of sp³-hybridized carbons (Fsp3) is 0.462. The first kappa shape index (κ1) is 11.1. The average molecular weight is 248 g/mol. The van der Waals surface area contributed by atoms with Crippen molar-refractivity contribution in [1.82, 2.24) is 10.3 Å². The third-order valence-electron chi connectivity index (χ3n) is 2.97. The van der Waals surface area contributed by atoms with Crippen molar-refractivity contribution >= 4 is 21.6 Å². The number of para-hydroxylation sites is 1. The van der Waals surface area contributed by atoms with Gasteiger partial charge in [0.25, 0.3) is 0 Å². The molecule has 1 aromatic heterocycles. The predicted octanol–water partition coefficient (Wildman–Crippen LogP) is 1.95. The van der Waals surface area contributed by atoms with Gasteiger partial charge in [-0.05, 0) is 25.0 Å². The first-order valence-electron chi connectivity index (χ1n) is 6.07. The van der Waals surface area contributed by atoms with Gasteiger partial charge in [0.1, 0.15) is 0 Å². The zero-order chi connectivity index (χ0) is 11.7. The Kier molecular flexibility index (Phi) is 3.09. The maximum absolute atomic E-state index is 9.91. The summed E-state index contributed by atoms with van der Waals surface area (Å²) in [7, 11) is 0. The van der Waals surface area contributed by atoms with Gasteiger partial charge in [0.05, 0.1) is 21.3 Å². The lowest BCUT2D eigenvalue weighted by Gasteiger charge is -2.09. The number of fused-ring (bicyclic) bond motifs is 1. The van der Waals surface area contributed by atoms with Gasteiger partial charge in [-0.1, -0.05) is 12.1 Å². The summed E-state index contributed by atoms with van der Waals surface area (Å²) in [5.74, 6) is 0. The Morgan fingerprint density at radius 1 is 1.41 bits per heavy atom. The van der Waals surface area contributed by atoms with E-state index in [0.717, 1.165) is 10.5 Å². The van der Waals surface area contributed by atoms with Gasteiger partial charge in [0.2, 0.25) is 0 Å². The molecule has 1 saturated carbocycles. The number of aromatic nitrogens is 1. The molecular formula is C13H16N2OS. The highest BCUT2D eigenvalue weighted by Gasteiger charge is 2.21. The van der Waals surface area contributed by atoms with Gasteiger partial charge in [-0.2, -0.15) is 0 Å². The van der Waals surface area contributed by atoms with Crippen LogP contribution in [0.4, 0.5) is 0 Å². The largest absolute Gasteiger partial charge is 0.391 e. The zero-order valence-electron chi connectivity index (χ0n) is 9.60. The van der Waals surface area contributed by atoms with Crippen LogP contribution in [0.3, 0.4) is 0 Å². The molecule has 90 valence electrons. The molecule has 0 bridgehead atoms. The molecule has 2 aromatic rings. The van der Waals surface area contributed by atoms with Gasteiger partial charge in [0.15, 0.2) is 0 Å². The van der Waals surface area contributed by atoms with E-state index in [1.165, 1.54) is 17.5 Å². The van der Waals surface area contributed by atoms with Crippen LogP contribution in [-0.2, 0) is 6.42 Å². The third kappa shape index (κ3) is 2.83. The number of hydrogen-bond acceptors (Lipinski definition) is 4. The molecule has 1 aromatic carbocycles. The number of rotatable bonds is 5. The Morgan fingerprint density at radius 3 is 3.00 bits per heavy atom. The summed E-state index contributed by atoms with van der Waals surface area (Å²) in [5.41, 5.74) is 1.04. The van der Waals surface area contributed by atoms with Crippen molar-refractivity contribution in [3.8, 4) is 0 Å². The molecule has 0 aliphatic heterocycles. The van der Waals surface area contributed by atoms with Crippen LogP contribution in [0.1, 0.15) is 17.8 Å². The van der Waals surface area contributed by atoms with Gasteiger partial charge in [-0.3, -0.25) is 0 Å². The van der Waals surface area contributed by atoms with E-state index in [4.69, 9.17) is 0 Å². The van der Waals surface area contributed by atoms with Crippen molar-refractivity contribution in [2.24, 2.45) is 0 Å². The minimum Gasteiger partial charge on any atom is -0.391 e. The standard InChI is InChI=1S/C13H16N2OS/c16-10(8-14-9-5-6-9)7-13-15-11-3-1-2-4-12(11)17-13/h1-4,9-10,14,16H,5-8H2. The fourth-order valence-corrected chi connectivity index (χ4v) is 2.91. The van der Waals surface area contributed by atoms with Crippen molar-refractivity contribution < 1.29 is 5.11 Å². The summed E-state index contributed by atoms with van der Waals surface area (Å²) in [6, 6.07) is 8.77. The van der Waals surface area contributed by atoms with Crippen LogP contribution in [0.25, 0.3) is 10.2 Å². The maximum Gasteiger partial charge on any atom is 0.0964 e. The minimum atomic E-state index is -0.323. The molecule has 2 N–H and O–H groups in total. The Bertz CT molecular complexity index is 474. The monoisotopic (exact) mass is 248 g/mol. The summed E-state index contributed by atoms with van der Waals surface area (Å²) in [6.45, 7) is 0.681. The van der Waals surface area contributed by atoms with Gasteiger partial charge >= 0.3 is 0 Å². The number of nitrogens with zero attached hydrogens (tertiary/aromatic N) is 1. The predicted molar refractivity (Wildman–Crippen MR) is 70.4 cm³/mol. The van der Waals surface area contributed by atoms with Crippen molar-refractivity contribution in [2.75, 3.05) is 6.54 Å². The lowest BCUT2D eigenvalue weighted by molar-refractivity contribution is 0.171. The molecule has 1 unspecified atom stereocenters. The van der Waals surface area contributed by atoms with Crippen LogP contribution in [0.2, 0.25) is 0 Å². The summed E-state index contributed by atoms with van der Waals surface area (Å²) in [6.07, 6.45) is 2.84. The number of aliphatic hydroxyl groups is 1. The third-order valence-corrected chi connectivity index (χ3v) is 4.03. The van der Waals surface area contributed by atoms with Gasteiger partial charge in [-0.15, -0.1) is 11.3 Å². The average Bonchev–Trinajstić information content (AvgIpc) is 3.06. The first-order valence-corrected chi connectivity index (χ1v) is 6.89. The van der Waals surface area contributed by atoms with Crippen LogP contribution >= 0.6 is 11.3 Å². The second-order valence-electron chi connectivity index (χ2n) is 4.62. The van der Waals surface area contributed by atoms with E-state index in [0.29, 0.717) is 19.0 Å². The number of aliphatic hydroxyl groups excluding tert-OH is 1. The van der Waals surface area contributed by atoms with E-state index in [9.17, 15) is 5.11 Å². The summed E-state index contributed by atoms with van der Waals surface area (Å²) in [4.78, 5) is 4.53. The van der Waals surface area contributed by atoms with E-state index in [2.05, 4.69) is 16.4 Å². The van der Waals surface area contributed by atoms with Gasteiger partial charge < -0.3 is 10.4 Å². The normalized spacial score (nSPS) is 17.5. The lowest BCUT2D eigenvalue weighted by atomic mass is 10.2. The first-order chi connectivity index (χ1) is 8.31. The van der Waals surface area contributed by atoms with E-state index >= 15 is 0 Å². The summed E-state index contributed by atoms with van der Waals surface area (Å²) >= 11 is 1.68. The SMILES string of the molecule is OC(CNC1CC1)Cc1nc2ccccc2s1. The van der Waals surface area contributed by atoms with Crippen LogP contribution < -0.4 is 5.32 Å². The lowest BCUT2D eigenvalue weighted by Crippen LogP contribution is -2.29. The Balaban J connectivity index is 1.62. The van der Waals surface area contributed by atoms with Gasteiger partial charge in [0, 0.05) is 19.0 Å². The van der Waals surface area contributed by atoms with E-state index < -0.39 is 0 Å². The number of nitrogens with one attached hydrogen (secondary N) is 1. The molecule has 0 saturated heterocycles. The van der Waals surface area contributed by atoms with Crippen molar-refractivity contribution in [2.45, 2.75) is 31.4 Å². The number of thiazole rings is 1. The Labute approximate surface area is 105 Å². The van der Waals surface area contributed by atoms with Crippen molar-refractivity contribution in [1.29, 1.82) is 0 Å². The molecule has 1 atom stereocenters. The van der Waals surface area contributed by atoms with E-state index in [1.54, 1.807) is 11.3 Å². The van der Waals surface area contributed by atoms with Crippen LogP contribution in [0, 0.1) is 0 Å². The molecule has 0 amide bonds.